The molecule has 0 radical (unpaired) electrons. The van der Waals surface area contributed by atoms with E-state index in [-0.39, 0.29) is 5.92 Å². The van der Waals surface area contributed by atoms with Crippen LogP contribution >= 0.6 is 0 Å². The number of carbonyl (C=O) groups excluding carboxylic acids is 1. The molecule has 2 amide bonds. The van der Waals surface area contributed by atoms with E-state index in [1.165, 1.54) is 29.2 Å². The number of hydrogen-bond donors (Lipinski definition) is 2. The number of anilines is 1. The highest BCUT2D eigenvalue weighted by molar-refractivity contribution is 5.94. The van der Waals surface area contributed by atoms with Crippen molar-refractivity contribution in [1.29, 1.82) is 0 Å². The van der Waals surface area contributed by atoms with Gasteiger partial charge in [0.25, 0.3) is 0 Å². The van der Waals surface area contributed by atoms with Gasteiger partial charge in [0.2, 0.25) is 0 Å². The minimum Gasteiger partial charge on any atom is -0.480 e. The molecule has 0 spiro atoms. The van der Waals surface area contributed by atoms with Crippen LogP contribution in [-0.4, -0.2) is 29.7 Å². The Bertz CT molecular complexity index is 490. The molecule has 2 unspecified atom stereocenters. The fraction of sp³-hybridized carbons (Fsp3) is 0.467. The Morgan fingerprint density at radius 1 is 1.29 bits per heavy atom. The zero-order chi connectivity index (χ0) is 16.0. The average molecular weight is 296 g/mol. The van der Waals surface area contributed by atoms with Crippen molar-refractivity contribution in [1.82, 2.24) is 5.32 Å². The fourth-order valence-electron chi connectivity index (χ4n) is 1.96. The summed E-state index contributed by atoms with van der Waals surface area (Å²) in [4.78, 5) is 24.9. The fourth-order valence-corrected chi connectivity index (χ4v) is 1.96. The highest BCUT2D eigenvalue weighted by atomic mass is 19.1. The Kier molecular flexibility index (Phi) is 6.14. The number of amides is 2. The molecule has 1 aromatic carbocycles. The molecule has 1 aromatic rings. The molecular formula is C15H21FN2O3. The summed E-state index contributed by atoms with van der Waals surface area (Å²) in [6.07, 6.45) is 0.639. The first-order valence-electron chi connectivity index (χ1n) is 6.97. The first-order chi connectivity index (χ1) is 9.90. The highest BCUT2D eigenvalue weighted by Crippen LogP contribution is 2.16. The summed E-state index contributed by atoms with van der Waals surface area (Å²) < 4.78 is 12.9. The van der Waals surface area contributed by atoms with Crippen LogP contribution in [0.1, 0.15) is 27.2 Å². The third-order valence-corrected chi connectivity index (χ3v) is 3.46. The number of rotatable bonds is 6. The Hall–Kier alpha value is -2.11. The maximum Gasteiger partial charge on any atom is 0.326 e. The van der Waals surface area contributed by atoms with Crippen molar-refractivity contribution in [2.45, 2.75) is 33.2 Å². The number of nitrogens with zero attached hydrogens (tertiary/aromatic N) is 1. The van der Waals surface area contributed by atoms with Crippen LogP contribution in [0.25, 0.3) is 0 Å². The van der Waals surface area contributed by atoms with Crippen molar-refractivity contribution in [3.63, 3.8) is 0 Å². The molecule has 0 bridgehead atoms. The van der Waals surface area contributed by atoms with Crippen LogP contribution in [0, 0.1) is 11.7 Å². The van der Waals surface area contributed by atoms with Crippen molar-refractivity contribution in [2.75, 3.05) is 11.4 Å². The van der Waals surface area contributed by atoms with Crippen LogP contribution in [0.4, 0.5) is 14.9 Å². The Morgan fingerprint density at radius 2 is 1.86 bits per heavy atom. The number of aliphatic carboxylic acids is 1. The first-order valence-corrected chi connectivity index (χ1v) is 6.97. The molecule has 0 aliphatic carbocycles. The zero-order valence-electron chi connectivity index (χ0n) is 12.5. The molecule has 0 heterocycles. The molecular weight excluding hydrogens is 275 g/mol. The van der Waals surface area contributed by atoms with Crippen molar-refractivity contribution < 1.29 is 19.1 Å². The summed E-state index contributed by atoms with van der Waals surface area (Å²) in [6, 6.07) is 4.03. The molecule has 0 saturated carbocycles. The third kappa shape index (κ3) is 4.44. The van der Waals surface area contributed by atoms with Gasteiger partial charge in [-0.2, -0.15) is 0 Å². The predicted molar refractivity (Wildman–Crippen MR) is 78.8 cm³/mol. The van der Waals surface area contributed by atoms with E-state index in [2.05, 4.69) is 5.32 Å². The normalized spacial score (nSPS) is 13.3. The number of benzene rings is 1. The second-order valence-corrected chi connectivity index (χ2v) is 4.87. The van der Waals surface area contributed by atoms with E-state index in [1.54, 1.807) is 13.8 Å². The smallest absolute Gasteiger partial charge is 0.326 e. The van der Waals surface area contributed by atoms with Crippen LogP contribution in [0.15, 0.2) is 24.3 Å². The van der Waals surface area contributed by atoms with E-state index < -0.39 is 23.9 Å². The van der Waals surface area contributed by atoms with Crippen molar-refractivity contribution in [3.05, 3.63) is 30.1 Å². The third-order valence-electron chi connectivity index (χ3n) is 3.46. The Labute approximate surface area is 123 Å². The molecule has 1 rings (SSSR count). The topological polar surface area (TPSA) is 69.6 Å². The van der Waals surface area contributed by atoms with E-state index in [0.29, 0.717) is 18.7 Å². The van der Waals surface area contributed by atoms with Gasteiger partial charge in [-0.25, -0.2) is 14.0 Å². The van der Waals surface area contributed by atoms with Crippen LogP contribution in [0.2, 0.25) is 0 Å². The molecule has 2 atom stereocenters. The molecule has 0 saturated heterocycles. The van der Waals surface area contributed by atoms with Crippen molar-refractivity contribution in [2.24, 2.45) is 5.92 Å². The summed E-state index contributed by atoms with van der Waals surface area (Å²) >= 11 is 0. The van der Waals surface area contributed by atoms with Gasteiger partial charge in [-0.1, -0.05) is 20.3 Å². The number of hydrogen-bond acceptors (Lipinski definition) is 2. The lowest BCUT2D eigenvalue weighted by atomic mass is 9.99. The van der Waals surface area contributed by atoms with Gasteiger partial charge in [0, 0.05) is 12.2 Å². The van der Waals surface area contributed by atoms with Crippen LogP contribution in [-0.2, 0) is 4.79 Å². The lowest BCUT2D eigenvalue weighted by molar-refractivity contribution is -0.140. The summed E-state index contributed by atoms with van der Waals surface area (Å²) in [5, 5.41) is 11.7. The molecule has 21 heavy (non-hydrogen) atoms. The predicted octanol–water partition coefficient (Wildman–Crippen LogP) is 2.86. The minimum absolute atomic E-state index is 0.182. The van der Waals surface area contributed by atoms with Gasteiger partial charge in [-0.15, -0.1) is 0 Å². The molecule has 0 aliphatic rings. The molecule has 0 aromatic heterocycles. The van der Waals surface area contributed by atoms with Gasteiger partial charge in [0.15, 0.2) is 0 Å². The Morgan fingerprint density at radius 3 is 2.29 bits per heavy atom. The number of carboxylic acids is 1. The number of urea groups is 1. The van der Waals surface area contributed by atoms with Crippen molar-refractivity contribution in [3.8, 4) is 0 Å². The van der Waals surface area contributed by atoms with Crippen LogP contribution < -0.4 is 10.2 Å². The molecule has 5 nitrogen and oxygen atoms in total. The molecule has 2 N–H and O–H groups in total. The van der Waals surface area contributed by atoms with Crippen LogP contribution in [0.3, 0.4) is 0 Å². The van der Waals surface area contributed by atoms with Gasteiger partial charge in [0.05, 0.1) is 0 Å². The molecule has 0 fully saturated rings. The van der Waals surface area contributed by atoms with Gasteiger partial charge < -0.3 is 10.4 Å². The van der Waals surface area contributed by atoms with Gasteiger partial charge in [0.1, 0.15) is 11.9 Å². The SMILES string of the molecule is CCC(C)C(NC(=O)N(CC)c1ccc(F)cc1)C(=O)O. The largest absolute Gasteiger partial charge is 0.480 e. The summed E-state index contributed by atoms with van der Waals surface area (Å²) in [5.41, 5.74) is 0.518. The second kappa shape index (κ2) is 7.61. The summed E-state index contributed by atoms with van der Waals surface area (Å²) in [6.45, 7) is 5.75. The van der Waals surface area contributed by atoms with Crippen molar-refractivity contribution >= 4 is 17.7 Å². The molecule has 116 valence electrons. The van der Waals surface area contributed by atoms with E-state index in [9.17, 15) is 19.1 Å². The average Bonchev–Trinajstić information content (AvgIpc) is 2.46. The number of nitrogens with one attached hydrogen (secondary N) is 1. The lowest BCUT2D eigenvalue weighted by Gasteiger charge is -2.26. The summed E-state index contributed by atoms with van der Waals surface area (Å²) in [5.74, 6) is -1.63. The quantitative estimate of drug-likeness (QED) is 0.848. The minimum atomic E-state index is -1.06. The van der Waals surface area contributed by atoms with E-state index in [0.717, 1.165) is 0 Å². The first kappa shape index (κ1) is 16.9. The van der Waals surface area contributed by atoms with Gasteiger partial charge >= 0.3 is 12.0 Å². The highest BCUT2D eigenvalue weighted by Gasteiger charge is 2.27. The summed E-state index contributed by atoms with van der Waals surface area (Å²) in [7, 11) is 0. The zero-order valence-corrected chi connectivity index (χ0v) is 12.5. The second-order valence-electron chi connectivity index (χ2n) is 4.87. The van der Waals surface area contributed by atoms with E-state index >= 15 is 0 Å². The molecule has 6 heteroatoms. The van der Waals surface area contributed by atoms with Gasteiger partial charge in [-0.3, -0.25) is 4.90 Å². The number of carbonyl (C=O) groups is 2. The van der Waals surface area contributed by atoms with E-state index in [4.69, 9.17) is 0 Å². The van der Waals surface area contributed by atoms with Gasteiger partial charge in [-0.05, 0) is 37.1 Å². The standard InChI is InChI=1S/C15H21FN2O3/c1-4-10(3)13(14(19)20)17-15(21)18(5-2)12-8-6-11(16)7-9-12/h6-10,13H,4-5H2,1-3H3,(H,17,21)(H,19,20). The lowest BCUT2D eigenvalue weighted by Crippen LogP contribution is -2.50. The Balaban J connectivity index is 2.88. The maximum absolute atomic E-state index is 12.9. The van der Waals surface area contributed by atoms with Crippen LogP contribution in [0.5, 0.6) is 0 Å². The number of halogens is 1. The molecule has 0 aliphatic heterocycles. The van der Waals surface area contributed by atoms with E-state index in [1.807, 2.05) is 6.92 Å². The monoisotopic (exact) mass is 296 g/mol. The number of carboxylic acid groups (broad SMARTS) is 1. The maximum atomic E-state index is 12.9.